The van der Waals surface area contributed by atoms with E-state index in [1.165, 1.54) is 7.05 Å². The smallest absolute Gasteiger partial charge is 0.255 e. The fourth-order valence-corrected chi connectivity index (χ4v) is 0.843. The third kappa shape index (κ3) is 2.48. The van der Waals surface area contributed by atoms with Crippen molar-refractivity contribution < 1.29 is 13.2 Å². The summed E-state index contributed by atoms with van der Waals surface area (Å²) in [6, 6.07) is 0. The molecule has 0 radical (unpaired) electrons. The van der Waals surface area contributed by atoms with Gasteiger partial charge in [0.05, 0.1) is 12.7 Å². The molecule has 1 aromatic rings. The number of hydrogen-bond donors (Lipinski definition) is 1. The van der Waals surface area contributed by atoms with Crippen LogP contribution in [0.25, 0.3) is 0 Å². The summed E-state index contributed by atoms with van der Waals surface area (Å²) in [4.78, 5) is 8.13. The molecular formula is C7H9F3N4. The van der Waals surface area contributed by atoms with Gasteiger partial charge in [-0.2, -0.15) is 4.98 Å². The predicted molar refractivity (Wildman–Crippen MR) is 45.7 cm³/mol. The quantitative estimate of drug-likeness (QED) is 0.798. The van der Waals surface area contributed by atoms with Gasteiger partial charge in [-0.05, 0) is 0 Å². The van der Waals surface area contributed by atoms with Gasteiger partial charge in [0.2, 0.25) is 5.95 Å². The molecule has 1 heterocycles. The SMILES string of the molecule is CN(CC(F)F)c1ncc(F)c(N)n1. The molecule has 0 aliphatic rings. The predicted octanol–water partition coefficient (Wildman–Crippen LogP) is 0.899. The first-order chi connectivity index (χ1) is 6.50. The van der Waals surface area contributed by atoms with Crippen molar-refractivity contribution in [3.05, 3.63) is 12.0 Å². The lowest BCUT2D eigenvalue weighted by Gasteiger charge is -2.15. The zero-order chi connectivity index (χ0) is 10.7. The Labute approximate surface area is 78.6 Å². The Hall–Kier alpha value is -1.53. The molecule has 0 aliphatic carbocycles. The van der Waals surface area contributed by atoms with E-state index in [0.29, 0.717) is 0 Å². The third-order valence-corrected chi connectivity index (χ3v) is 1.51. The van der Waals surface area contributed by atoms with Crippen LogP contribution < -0.4 is 10.6 Å². The number of nitrogens with zero attached hydrogens (tertiary/aromatic N) is 3. The molecule has 0 fully saturated rings. The summed E-state index contributed by atoms with van der Waals surface area (Å²) < 4.78 is 36.5. The summed E-state index contributed by atoms with van der Waals surface area (Å²) in [5.74, 6) is -1.14. The fourth-order valence-electron chi connectivity index (χ4n) is 0.843. The molecule has 0 saturated carbocycles. The first-order valence-corrected chi connectivity index (χ1v) is 3.78. The normalized spacial score (nSPS) is 10.6. The molecule has 0 unspecified atom stereocenters. The topological polar surface area (TPSA) is 55.0 Å². The first kappa shape index (κ1) is 10.6. The van der Waals surface area contributed by atoms with Crippen molar-refractivity contribution in [1.29, 1.82) is 0 Å². The second-order valence-corrected chi connectivity index (χ2v) is 2.67. The van der Waals surface area contributed by atoms with Crippen molar-refractivity contribution in [2.45, 2.75) is 6.43 Å². The number of alkyl halides is 2. The molecule has 0 aromatic carbocycles. The molecular weight excluding hydrogens is 197 g/mol. The number of anilines is 2. The Morgan fingerprint density at radius 1 is 1.57 bits per heavy atom. The van der Waals surface area contributed by atoms with Crippen LogP contribution in [0.1, 0.15) is 0 Å². The zero-order valence-electron chi connectivity index (χ0n) is 7.41. The molecule has 0 atom stereocenters. The molecule has 7 heteroatoms. The van der Waals surface area contributed by atoms with Crippen molar-refractivity contribution >= 4 is 11.8 Å². The maximum atomic E-state index is 12.6. The Morgan fingerprint density at radius 3 is 2.71 bits per heavy atom. The largest absolute Gasteiger partial charge is 0.381 e. The summed E-state index contributed by atoms with van der Waals surface area (Å²) in [5, 5.41) is 0. The van der Waals surface area contributed by atoms with Gasteiger partial charge in [-0.1, -0.05) is 0 Å². The summed E-state index contributed by atoms with van der Waals surface area (Å²) in [7, 11) is 1.37. The van der Waals surface area contributed by atoms with Gasteiger partial charge >= 0.3 is 0 Å². The molecule has 0 amide bonds. The highest BCUT2D eigenvalue weighted by Gasteiger charge is 2.12. The van der Waals surface area contributed by atoms with Crippen molar-refractivity contribution in [2.24, 2.45) is 0 Å². The maximum Gasteiger partial charge on any atom is 0.255 e. The van der Waals surface area contributed by atoms with E-state index in [2.05, 4.69) is 9.97 Å². The highest BCUT2D eigenvalue weighted by atomic mass is 19.3. The minimum atomic E-state index is -2.50. The van der Waals surface area contributed by atoms with E-state index < -0.39 is 18.8 Å². The Kier molecular flexibility index (Phi) is 3.10. The van der Waals surface area contributed by atoms with Crippen LogP contribution in [-0.2, 0) is 0 Å². The van der Waals surface area contributed by atoms with Gasteiger partial charge in [-0.15, -0.1) is 0 Å². The lowest BCUT2D eigenvalue weighted by Crippen LogP contribution is -2.26. The number of nitrogen functional groups attached to an aromatic ring is 1. The second-order valence-electron chi connectivity index (χ2n) is 2.67. The number of halogens is 3. The van der Waals surface area contributed by atoms with Crippen LogP contribution in [0, 0.1) is 5.82 Å². The van der Waals surface area contributed by atoms with E-state index in [1.54, 1.807) is 0 Å². The Balaban J connectivity index is 2.80. The monoisotopic (exact) mass is 206 g/mol. The van der Waals surface area contributed by atoms with Crippen molar-refractivity contribution in [3.8, 4) is 0 Å². The van der Waals surface area contributed by atoms with E-state index in [9.17, 15) is 13.2 Å². The highest BCUT2D eigenvalue weighted by Crippen LogP contribution is 2.11. The van der Waals surface area contributed by atoms with Gasteiger partial charge in [0, 0.05) is 7.05 Å². The third-order valence-electron chi connectivity index (χ3n) is 1.51. The maximum absolute atomic E-state index is 12.6. The molecule has 0 aliphatic heterocycles. The van der Waals surface area contributed by atoms with E-state index in [4.69, 9.17) is 5.73 Å². The van der Waals surface area contributed by atoms with Crippen LogP contribution in [0.4, 0.5) is 24.9 Å². The zero-order valence-corrected chi connectivity index (χ0v) is 7.41. The second kappa shape index (κ2) is 4.12. The molecule has 4 nitrogen and oxygen atoms in total. The van der Waals surface area contributed by atoms with Crippen LogP contribution in [0.3, 0.4) is 0 Å². The fraction of sp³-hybridized carbons (Fsp3) is 0.429. The summed E-state index contributed by atoms with van der Waals surface area (Å²) in [5.41, 5.74) is 5.15. The van der Waals surface area contributed by atoms with Crippen molar-refractivity contribution in [3.63, 3.8) is 0 Å². The number of rotatable bonds is 3. The molecule has 14 heavy (non-hydrogen) atoms. The minimum absolute atomic E-state index is 0.0239. The van der Waals surface area contributed by atoms with Gasteiger partial charge < -0.3 is 10.6 Å². The number of aromatic nitrogens is 2. The van der Waals surface area contributed by atoms with Crippen LogP contribution >= 0.6 is 0 Å². The average Bonchev–Trinajstić information content (AvgIpc) is 2.08. The van der Waals surface area contributed by atoms with Crippen molar-refractivity contribution in [2.75, 3.05) is 24.2 Å². The van der Waals surface area contributed by atoms with Gasteiger partial charge in [0.1, 0.15) is 0 Å². The first-order valence-electron chi connectivity index (χ1n) is 3.78. The molecule has 1 aromatic heterocycles. The van der Waals surface area contributed by atoms with Gasteiger partial charge in [-0.3, -0.25) is 0 Å². The summed E-state index contributed by atoms with van der Waals surface area (Å²) >= 11 is 0. The molecule has 0 saturated heterocycles. The van der Waals surface area contributed by atoms with Gasteiger partial charge in [0.15, 0.2) is 11.6 Å². The van der Waals surface area contributed by atoms with Gasteiger partial charge in [0.25, 0.3) is 6.43 Å². The van der Waals surface area contributed by atoms with E-state index >= 15 is 0 Å². The Morgan fingerprint density at radius 2 is 2.21 bits per heavy atom. The summed E-state index contributed by atoms with van der Waals surface area (Å²) in [6.45, 7) is -0.523. The summed E-state index contributed by atoms with van der Waals surface area (Å²) in [6.07, 6.45) is -1.66. The number of nitrogens with two attached hydrogens (primary N) is 1. The standard InChI is InChI=1S/C7H9F3N4/c1-14(3-5(9)10)7-12-2-4(8)6(11)13-7/h2,5H,3H2,1H3,(H2,11,12,13). The van der Waals surface area contributed by atoms with Crippen LogP contribution in [0.5, 0.6) is 0 Å². The molecule has 1 rings (SSSR count). The molecule has 0 spiro atoms. The minimum Gasteiger partial charge on any atom is -0.381 e. The lowest BCUT2D eigenvalue weighted by atomic mass is 10.5. The highest BCUT2D eigenvalue weighted by molar-refractivity contribution is 5.38. The molecule has 2 N–H and O–H groups in total. The van der Waals surface area contributed by atoms with Crippen LogP contribution in [0.15, 0.2) is 6.20 Å². The van der Waals surface area contributed by atoms with E-state index in [1.807, 2.05) is 0 Å². The Bertz CT molecular complexity index is 318. The van der Waals surface area contributed by atoms with Crippen LogP contribution in [0.2, 0.25) is 0 Å². The van der Waals surface area contributed by atoms with Crippen molar-refractivity contribution in [1.82, 2.24) is 9.97 Å². The van der Waals surface area contributed by atoms with E-state index in [0.717, 1.165) is 11.1 Å². The average molecular weight is 206 g/mol. The molecule has 78 valence electrons. The van der Waals surface area contributed by atoms with E-state index in [-0.39, 0.29) is 11.8 Å². The molecule has 0 bridgehead atoms. The lowest BCUT2D eigenvalue weighted by molar-refractivity contribution is 0.156. The number of hydrogen-bond acceptors (Lipinski definition) is 4. The van der Waals surface area contributed by atoms with Crippen LogP contribution in [-0.4, -0.2) is 30.0 Å². The van der Waals surface area contributed by atoms with Gasteiger partial charge in [-0.25, -0.2) is 18.2 Å².